The van der Waals surface area contributed by atoms with E-state index >= 15 is 0 Å². The number of hydrogen-bond donors (Lipinski definition) is 2. The minimum absolute atomic E-state index is 0.375. The van der Waals surface area contributed by atoms with E-state index in [-0.39, 0.29) is 6.09 Å². The van der Waals surface area contributed by atoms with Crippen molar-refractivity contribution in [3.05, 3.63) is 71.3 Å². The number of carbonyl (C=O) groups excluding carboxylic acids is 1. The van der Waals surface area contributed by atoms with Crippen molar-refractivity contribution >= 4 is 6.09 Å². The van der Waals surface area contributed by atoms with Gasteiger partial charge in [-0.15, -0.1) is 0 Å². The van der Waals surface area contributed by atoms with Gasteiger partial charge in [-0.25, -0.2) is 4.79 Å². The summed E-state index contributed by atoms with van der Waals surface area (Å²) in [5, 5.41) is 6.58. The maximum atomic E-state index is 11.9. The zero-order valence-corrected chi connectivity index (χ0v) is 19.3. The number of carbonyl (C=O) groups is 1. The van der Waals surface area contributed by atoms with Crippen molar-refractivity contribution in [1.82, 2.24) is 10.6 Å². The van der Waals surface area contributed by atoms with Gasteiger partial charge in [0.2, 0.25) is 0 Å². The molecule has 168 valence electrons. The molecule has 0 bridgehead atoms. The molecule has 0 heterocycles. The number of benzene rings is 2. The Bertz CT molecular complexity index is 805. The molecule has 1 fully saturated rings. The molecule has 0 spiro atoms. The molecule has 0 unspecified atom stereocenters. The molecule has 2 aromatic rings. The molecule has 4 nitrogen and oxygen atoms in total. The first-order valence-electron chi connectivity index (χ1n) is 11.7. The second-order valence-electron chi connectivity index (χ2n) is 9.80. The lowest BCUT2D eigenvalue weighted by Gasteiger charge is -2.29. The van der Waals surface area contributed by atoms with Crippen LogP contribution >= 0.6 is 0 Å². The summed E-state index contributed by atoms with van der Waals surface area (Å²) in [5.41, 5.74) is 3.34. The largest absolute Gasteiger partial charge is 0.444 e. The van der Waals surface area contributed by atoms with Gasteiger partial charge in [0.25, 0.3) is 0 Å². The van der Waals surface area contributed by atoms with Crippen LogP contribution in [-0.2, 0) is 24.2 Å². The third-order valence-electron chi connectivity index (χ3n) is 5.95. The number of amides is 1. The van der Waals surface area contributed by atoms with Gasteiger partial charge < -0.3 is 15.4 Å². The van der Waals surface area contributed by atoms with Gasteiger partial charge in [0.1, 0.15) is 5.60 Å². The Morgan fingerprint density at radius 2 is 1.55 bits per heavy atom. The Hall–Kier alpha value is -2.33. The molecule has 31 heavy (non-hydrogen) atoms. The summed E-state index contributed by atoms with van der Waals surface area (Å²) < 4.78 is 5.31. The predicted octanol–water partition coefficient (Wildman–Crippen LogP) is 5.99. The lowest BCUT2D eigenvalue weighted by molar-refractivity contribution is 0.0523. The van der Waals surface area contributed by atoms with Crippen LogP contribution in [0.15, 0.2) is 54.6 Å². The van der Waals surface area contributed by atoms with Crippen molar-refractivity contribution < 1.29 is 9.53 Å². The molecular weight excluding hydrogens is 384 g/mol. The van der Waals surface area contributed by atoms with Gasteiger partial charge in [-0.2, -0.15) is 0 Å². The van der Waals surface area contributed by atoms with Crippen molar-refractivity contribution in [2.45, 2.75) is 84.0 Å². The fourth-order valence-electron chi connectivity index (χ4n) is 4.27. The van der Waals surface area contributed by atoms with Gasteiger partial charge in [0, 0.05) is 19.1 Å². The zero-order chi connectivity index (χ0) is 22.1. The van der Waals surface area contributed by atoms with Crippen LogP contribution in [0.25, 0.3) is 0 Å². The van der Waals surface area contributed by atoms with Gasteiger partial charge in [-0.1, -0.05) is 54.6 Å². The van der Waals surface area contributed by atoms with E-state index in [1.165, 1.54) is 49.7 Å². The van der Waals surface area contributed by atoms with Crippen molar-refractivity contribution in [1.29, 1.82) is 0 Å². The molecule has 0 saturated heterocycles. The summed E-state index contributed by atoms with van der Waals surface area (Å²) in [6.45, 7) is 6.97. The Balaban J connectivity index is 1.36. The van der Waals surface area contributed by atoms with E-state index in [0.29, 0.717) is 12.6 Å². The van der Waals surface area contributed by atoms with Crippen LogP contribution in [0.4, 0.5) is 4.79 Å². The normalized spacial score (nSPS) is 19.1. The van der Waals surface area contributed by atoms with E-state index < -0.39 is 5.60 Å². The maximum absolute atomic E-state index is 11.9. The summed E-state index contributed by atoms with van der Waals surface area (Å²) in [4.78, 5) is 11.9. The van der Waals surface area contributed by atoms with Gasteiger partial charge in [-0.05, 0) is 81.9 Å². The molecule has 0 aromatic heterocycles. The van der Waals surface area contributed by atoms with E-state index in [1.54, 1.807) is 0 Å². The average Bonchev–Trinajstić information content (AvgIpc) is 2.75. The van der Waals surface area contributed by atoms with Gasteiger partial charge in [-0.3, -0.25) is 0 Å². The second-order valence-corrected chi connectivity index (χ2v) is 9.80. The minimum atomic E-state index is -0.476. The number of rotatable bonds is 8. The molecule has 2 aromatic carbocycles. The van der Waals surface area contributed by atoms with Gasteiger partial charge in [0.05, 0.1) is 0 Å². The minimum Gasteiger partial charge on any atom is -0.444 e. The molecule has 0 radical (unpaired) electrons. The highest BCUT2D eigenvalue weighted by Crippen LogP contribution is 2.28. The smallest absolute Gasteiger partial charge is 0.407 e. The van der Waals surface area contributed by atoms with E-state index in [2.05, 4.69) is 59.2 Å². The molecule has 0 atom stereocenters. The van der Waals surface area contributed by atoms with Crippen LogP contribution in [0, 0.1) is 5.92 Å². The van der Waals surface area contributed by atoms with Crippen LogP contribution < -0.4 is 10.6 Å². The summed E-state index contributed by atoms with van der Waals surface area (Å²) in [5.74, 6) is 0.862. The molecule has 0 aliphatic heterocycles. The third kappa shape index (κ3) is 8.74. The molecule has 1 saturated carbocycles. The quantitative estimate of drug-likeness (QED) is 0.549. The molecular formula is C27H38N2O2. The fourth-order valence-corrected chi connectivity index (χ4v) is 4.27. The number of hydrogen-bond acceptors (Lipinski definition) is 3. The van der Waals surface area contributed by atoms with Crippen LogP contribution in [0.3, 0.4) is 0 Å². The first-order chi connectivity index (χ1) is 14.9. The zero-order valence-electron chi connectivity index (χ0n) is 19.3. The van der Waals surface area contributed by atoms with Crippen LogP contribution in [0.5, 0.6) is 0 Å². The number of nitrogens with one attached hydrogen (secondary N) is 2. The lowest BCUT2D eigenvalue weighted by Crippen LogP contribution is -2.33. The highest BCUT2D eigenvalue weighted by Gasteiger charge is 2.20. The number of alkyl carbamates (subject to hydrolysis) is 1. The number of ether oxygens (including phenoxy) is 1. The Morgan fingerprint density at radius 1 is 0.903 bits per heavy atom. The lowest BCUT2D eigenvalue weighted by atomic mass is 9.82. The van der Waals surface area contributed by atoms with E-state index in [9.17, 15) is 4.79 Å². The summed E-state index contributed by atoms with van der Waals surface area (Å²) >= 11 is 0. The first kappa shape index (κ1) is 23.3. The predicted molar refractivity (Wildman–Crippen MR) is 127 cm³/mol. The summed E-state index contributed by atoms with van der Waals surface area (Å²) in [6.07, 6.45) is 7.31. The highest BCUT2D eigenvalue weighted by molar-refractivity contribution is 5.67. The Kier molecular flexibility index (Phi) is 8.53. The monoisotopic (exact) mass is 422 g/mol. The van der Waals surface area contributed by atoms with E-state index in [4.69, 9.17) is 4.74 Å². The average molecular weight is 423 g/mol. The molecule has 1 amide bonds. The topological polar surface area (TPSA) is 50.4 Å². The van der Waals surface area contributed by atoms with E-state index in [0.717, 1.165) is 18.0 Å². The van der Waals surface area contributed by atoms with Crippen LogP contribution in [0.2, 0.25) is 0 Å². The molecule has 4 heteroatoms. The highest BCUT2D eigenvalue weighted by atomic mass is 16.6. The SMILES string of the molecule is CC(C)(C)OC(=O)NCc1cccc(CNC2CCC(CCc3ccccc3)CC2)c1. The van der Waals surface area contributed by atoms with E-state index in [1.807, 2.05) is 26.8 Å². The maximum Gasteiger partial charge on any atom is 0.407 e. The molecule has 3 rings (SSSR count). The van der Waals surface area contributed by atoms with Crippen LogP contribution in [0.1, 0.15) is 69.6 Å². The van der Waals surface area contributed by atoms with Gasteiger partial charge in [0.15, 0.2) is 0 Å². The second kappa shape index (κ2) is 11.3. The standard InChI is InChI=1S/C27H38N2O2/c1-27(2,3)31-26(30)29-20-24-11-7-10-23(18-24)19-28-25-16-14-22(15-17-25)13-12-21-8-5-4-6-9-21/h4-11,18,22,25,28H,12-17,19-20H2,1-3H3,(H,29,30). The van der Waals surface area contributed by atoms with Crippen molar-refractivity contribution in [3.8, 4) is 0 Å². The number of aryl methyl sites for hydroxylation is 1. The fraction of sp³-hybridized carbons (Fsp3) is 0.519. The van der Waals surface area contributed by atoms with Crippen molar-refractivity contribution in [3.63, 3.8) is 0 Å². The molecule has 2 N–H and O–H groups in total. The molecule has 1 aliphatic carbocycles. The Labute approximate surface area is 187 Å². The summed E-state index contributed by atoms with van der Waals surface area (Å²) in [7, 11) is 0. The molecule has 1 aliphatic rings. The van der Waals surface area contributed by atoms with Crippen molar-refractivity contribution in [2.75, 3.05) is 0 Å². The van der Waals surface area contributed by atoms with Gasteiger partial charge >= 0.3 is 6.09 Å². The van der Waals surface area contributed by atoms with Crippen LogP contribution in [-0.4, -0.2) is 17.7 Å². The summed E-state index contributed by atoms with van der Waals surface area (Å²) in [6, 6.07) is 19.9. The Morgan fingerprint density at radius 3 is 2.23 bits per heavy atom. The van der Waals surface area contributed by atoms with Crippen molar-refractivity contribution in [2.24, 2.45) is 5.92 Å². The first-order valence-corrected chi connectivity index (χ1v) is 11.7. The third-order valence-corrected chi connectivity index (χ3v) is 5.95.